The van der Waals surface area contributed by atoms with Crippen molar-refractivity contribution in [2.75, 3.05) is 0 Å². The molecule has 1 unspecified atom stereocenters. The predicted octanol–water partition coefficient (Wildman–Crippen LogP) is 6.12. The SMILES string of the molecule is CCc1ccc(OC(C)c2nnc(SCc3ccc(Cl)cc3Cl)n2C)cc1. The van der Waals surface area contributed by atoms with Gasteiger partial charge in [0.05, 0.1) is 0 Å². The van der Waals surface area contributed by atoms with Gasteiger partial charge in [-0.15, -0.1) is 10.2 Å². The maximum absolute atomic E-state index is 6.24. The lowest BCUT2D eigenvalue weighted by Crippen LogP contribution is -2.10. The summed E-state index contributed by atoms with van der Waals surface area (Å²) >= 11 is 13.8. The fourth-order valence-electron chi connectivity index (χ4n) is 2.65. The Morgan fingerprint density at radius 2 is 1.85 bits per heavy atom. The summed E-state index contributed by atoms with van der Waals surface area (Å²) in [6.45, 7) is 4.11. The first kappa shape index (κ1) is 20.1. The first-order valence-corrected chi connectivity index (χ1v) is 10.4. The van der Waals surface area contributed by atoms with Crippen molar-refractivity contribution in [2.45, 2.75) is 37.3 Å². The average molecular weight is 422 g/mol. The summed E-state index contributed by atoms with van der Waals surface area (Å²) in [6.07, 6.45) is 0.806. The molecular formula is C20H21Cl2N3OS. The molecule has 0 amide bonds. The van der Waals surface area contributed by atoms with Crippen molar-refractivity contribution in [1.82, 2.24) is 14.8 Å². The van der Waals surface area contributed by atoms with Crippen LogP contribution in [-0.2, 0) is 19.2 Å². The van der Waals surface area contributed by atoms with E-state index in [1.54, 1.807) is 17.8 Å². The van der Waals surface area contributed by atoms with Crippen molar-refractivity contribution in [2.24, 2.45) is 7.05 Å². The van der Waals surface area contributed by atoms with Gasteiger partial charge in [0.1, 0.15) is 5.75 Å². The van der Waals surface area contributed by atoms with Gasteiger partial charge in [-0.05, 0) is 48.7 Å². The molecule has 4 nitrogen and oxygen atoms in total. The van der Waals surface area contributed by atoms with Crippen molar-refractivity contribution in [3.05, 3.63) is 69.5 Å². The summed E-state index contributed by atoms with van der Waals surface area (Å²) in [7, 11) is 1.95. The molecule has 1 atom stereocenters. The van der Waals surface area contributed by atoms with Crippen LogP contribution in [0, 0.1) is 0 Å². The molecule has 2 aromatic carbocycles. The highest BCUT2D eigenvalue weighted by Gasteiger charge is 2.17. The number of hydrogen-bond acceptors (Lipinski definition) is 4. The van der Waals surface area contributed by atoms with E-state index in [9.17, 15) is 0 Å². The first-order valence-electron chi connectivity index (χ1n) is 8.69. The number of ether oxygens (including phenoxy) is 1. The standard InChI is InChI=1S/C20H21Cl2N3OS/c1-4-14-5-9-17(10-6-14)26-13(2)19-23-24-20(25(19)3)27-12-15-7-8-16(21)11-18(15)22/h5-11,13H,4,12H2,1-3H3. The second-order valence-corrected chi connectivity index (χ2v) is 7.97. The van der Waals surface area contributed by atoms with Gasteiger partial charge in [0, 0.05) is 22.8 Å². The Balaban J connectivity index is 1.66. The van der Waals surface area contributed by atoms with Gasteiger partial charge in [0.2, 0.25) is 0 Å². The molecule has 0 aliphatic heterocycles. The fourth-order valence-corrected chi connectivity index (χ4v) is 4.12. The summed E-state index contributed by atoms with van der Waals surface area (Å²) in [5.41, 5.74) is 2.30. The number of aryl methyl sites for hydroxylation is 1. The number of rotatable bonds is 7. The van der Waals surface area contributed by atoms with E-state index in [1.807, 2.05) is 42.8 Å². The maximum Gasteiger partial charge on any atom is 0.191 e. The Bertz CT molecular complexity index is 912. The molecule has 0 spiro atoms. The topological polar surface area (TPSA) is 39.9 Å². The number of aromatic nitrogens is 3. The number of nitrogens with zero attached hydrogens (tertiary/aromatic N) is 3. The van der Waals surface area contributed by atoms with E-state index in [2.05, 4.69) is 29.3 Å². The van der Waals surface area contributed by atoms with Crippen LogP contribution in [0.4, 0.5) is 0 Å². The zero-order chi connectivity index (χ0) is 19.4. The van der Waals surface area contributed by atoms with E-state index in [1.165, 1.54) is 5.56 Å². The largest absolute Gasteiger partial charge is 0.483 e. The fraction of sp³-hybridized carbons (Fsp3) is 0.300. The first-order chi connectivity index (χ1) is 13.0. The summed E-state index contributed by atoms with van der Waals surface area (Å²) in [6, 6.07) is 13.7. The zero-order valence-corrected chi connectivity index (χ0v) is 17.8. The lowest BCUT2D eigenvalue weighted by molar-refractivity contribution is 0.211. The molecular weight excluding hydrogens is 401 g/mol. The monoisotopic (exact) mass is 421 g/mol. The molecule has 0 saturated heterocycles. The lowest BCUT2D eigenvalue weighted by Gasteiger charge is -2.14. The molecule has 0 N–H and O–H groups in total. The summed E-state index contributed by atoms with van der Waals surface area (Å²) in [5, 5.41) is 10.7. The highest BCUT2D eigenvalue weighted by Crippen LogP contribution is 2.29. The minimum Gasteiger partial charge on any atom is -0.483 e. The number of thioether (sulfide) groups is 1. The Hall–Kier alpha value is -1.69. The van der Waals surface area contributed by atoms with Crippen molar-refractivity contribution < 1.29 is 4.74 Å². The average Bonchev–Trinajstić information content (AvgIpc) is 3.02. The van der Waals surface area contributed by atoms with Crippen LogP contribution >= 0.6 is 35.0 Å². The van der Waals surface area contributed by atoms with E-state index in [-0.39, 0.29) is 6.10 Å². The second kappa shape index (κ2) is 9.00. The molecule has 0 radical (unpaired) electrons. The molecule has 1 heterocycles. The van der Waals surface area contributed by atoms with Gasteiger partial charge in [-0.3, -0.25) is 0 Å². The summed E-state index contributed by atoms with van der Waals surface area (Å²) < 4.78 is 7.98. The second-order valence-electron chi connectivity index (χ2n) is 6.18. The highest BCUT2D eigenvalue weighted by atomic mass is 35.5. The van der Waals surface area contributed by atoms with Crippen LogP contribution in [0.2, 0.25) is 10.0 Å². The predicted molar refractivity (Wildman–Crippen MR) is 112 cm³/mol. The molecule has 0 aliphatic carbocycles. The van der Waals surface area contributed by atoms with Crippen LogP contribution in [0.5, 0.6) is 5.75 Å². The van der Waals surface area contributed by atoms with Crippen LogP contribution in [0.3, 0.4) is 0 Å². The van der Waals surface area contributed by atoms with Crippen LogP contribution in [0.25, 0.3) is 0 Å². The Labute approximate surface area is 173 Å². The van der Waals surface area contributed by atoms with E-state index < -0.39 is 0 Å². The van der Waals surface area contributed by atoms with Crippen molar-refractivity contribution >= 4 is 35.0 Å². The molecule has 0 saturated carbocycles. The molecule has 142 valence electrons. The van der Waals surface area contributed by atoms with Crippen LogP contribution in [0.1, 0.15) is 36.9 Å². The molecule has 0 bridgehead atoms. The van der Waals surface area contributed by atoms with Crippen LogP contribution < -0.4 is 4.74 Å². The van der Waals surface area contributed by atoms with E-state index in [4.69, 9.17) is 27.9 Å². The molecule has 7 heteroatoms. The van der Waals surface area contributed by atoms with Gasteiger partial charge < -0.3 is 9.30 Å². The summed E-state index contributed by atoms with van der Waals surface area (Å²) in [4.78, 5) is 0. The normalized spacial score (nSPS) is 12.2. The number of hydrogen-bond donors (Lipinski definition) is 0. The minimum absolute atomic E-state index is 0.205. The van der Waals surface area contributed by atoms with E-state index in [0.29, 0.717) is 15.8 Å². The van der Waals surface area contributed by atoms with Gasteiger partial charge in [0.25, 0.3) is 0 Å². The third-order valence-electron chi connectivity index (χ3n) is 4.25. The lowest BCUT2D eigenvalue weighted by atomic mass is 10.2. The molecule has 27 heavy (non-hydrogen) atoms. The highest BCUT2D eigenvalue weighted by molar-refractivity contribution is 7.98. The molecule has 3 rings (SSSR count). The van der Waals surface area contributed by atoms with Gasteiger partial charge in [-0.2, -0.15) is 0 Å². The molecule has 1 aromatic heterocycles. The number of halogens is 2. The minimum atomic E-state index is -0.205. The van der Waals surface area contributed by atoms with Crippen LogP contribution in [0.15, 0.2) is 47.6 Å². The number of benzene rings is 2. The van der Waals surface area contributed by atoms with Gasteiger partial charge in [0.15, 0.2) is 17.1 Å². The molecule has 0 aliphatic rings. The van der Waals surface area contributed by atoms with Gasteiger partial charge in [-0.25, -0.2) is 0 Å². The van der Waals surface area contributed by atoms with Gasteiger partial charge >= 0.3 is 0 Å². The molecule has 0 fully saturated rings. The van der Waals surface area contributed by atoms with Crippen molar-refractivity contribution in [3.63, 3.8) is 0 Å². The zero-order valence-electron chi connectivity index (χ0n) is 15.4. The third kappa shape index (κ3) is 4.98. The van der Waals surface area contributed by atoms with Crippen LogP contribution in [-0.4, -0.2) is 14.8 Å². The Kier molecular flexibility index (Phi) is 6.68. The van der Waals surface area contributed by atoms with Gasteiger partial charge in [-0.1, -0.05) is 60.1 Å². The van der Waals surface area contributed by atoms with Crippen molar-refractivity contribution in [1.29, 1.82) is 0 Å². The van der Waals surface area contributed by atoms with E-state index in [0.717, 1.165) is 28.7 Å². The Morgan fingerprint density at radius 3 is 2.52 bits per heavy atom. The molecule has 3 aromatic rings. The summed E-state index contributed by atoms with van der Waals surface area (Å²) in [5.74, 6) is 2.29. The third-order valence-corrected chi connectivity index (χ3v) is 5.90. The quantitative estimate of drug-likeness (QED) is 0.431. The smallest absolute Gasteiger partial charge is 0.191 e. The Morgan fingerprint density at radius 1 is 1.11 bits per heavy atom. The maximum atomic E-state index is 6.24. The van der Waals surface area contributed by atoms with E-state index >= 15 is 0 Å². The van der Waals surface area contributed by atoms with Crippen molar-refractivity contribution in [3.8, 4) is 5.75 Å².